The molecular formula is C22H24N2O2. The van der Waals surface area contributed by atoms with Gasteiger partial charge in [-0.05, 0) is 43.5 Å². The number of likely N-dealkylation sites (tertiary alicyclic amines) is 1. The largest absolute Gasteiger partial charge is 0.339 e. The molecule has 4 nitrogen and oxygen atoms in total. The van der Waals surface area contributed by atoms with Crippen molar-refractivity contribution in [1.29, 1.82) is 0 Å². The fraction of sp³-hybridized carbons (Fsp3) is 0.273. The fourth-order valence-electron chi connectivity index (χ4n) is 3.08. The van der Waals surface area contributed by atoms with Crippen LogP contribution in [0.15, 0.2) is 60.7 Å². The van der Waals surface area contributed by atoms with Gasteiger partial charge in [0.1, 0.15) is 0 Å². The van der Waals surface area contributed by atoms with E-state index in [1.54, 1.807) is 6.08 Å². The third kappa shape index (κ3) is 4.82. The Kier molecular flexibility index (Phi) is 5.84. The highest BCUT2D eigenvalue weighted by Gasteiger charge is 2.26. The summed E-state index contributed by atoms with van der Waals surface area (Å²) in [6, 6.07) is 17.5. The topological polar surface area (TPSA) is 49.4 Å². The number of anilines is 1. The van der Waals surface area contributed by atoms with Gasteiger partial charge in [0.05, 0.1) is 0 Å². The van der Waals surface area contributed by atoms with E-state index < -0.39 is 0 Å². The minimum atomic E-state index is -0.0414. The number of rotatable bonds is 4. The van der Waals surface area contributed by atoms with Gasteiger partial charge < -0.3 is 10.2 Å². The average Bonchev–Trinajstić information content (AvgIpc) is 2.68. The van der Waals surface area contributed by atoms with Crippen molar-refractivity contribution in [3.05, 3.63) is 71.8 Å². The summed E-state index contributed by atoms with van der Waals surface area (Å²) in [5, 5.41) is 2.95. The first-order valence-corrected chi connectivity index (χ1v) is 9.01. The Labute approximate surface area is 154 Å². The third-order valence-corrected chi connectivity index (χ3v) is 4.71. The van der Waals surface area contributed by atoms with Crippen LogP contribution in [0.2, 0.25) is 0 Å². The van der Waals surface area contributed by atoms with Gasteiger partial charge in [0.25, 0.3) is 0 Å². The number of piperidine rings is 1. The first-order valence-electron chi connectivity index (χ1n) is 9.01. The molecule has 0 radical (unpaired) electrons. The molecule has 0 bridgehead atoms. The summed E-state index contributed by atoms with van der Waals surface area (Å²) in [6.07, 6.45) is 4.86. The molecule has 2 aromatic carbocycles. The van der Waals surface area contributed by atoms with Crippen molar-refractivity contribution in [2.75, 3.05) is 18.4 Å². The van der Waals surface area contributed by atoms with Gasteiger partial charge in [-0.25, -0.2) is 0 Å². The van der Waals surface area contributed by atoms with E-state index >= 15 is 0 Å². The molecule has 1 fully saturated rings. The maximum Gasteiger partial charge on any atom is 0.246 e. The zero-order chi connectivity index (χ0) is 18.4. The van der Waals surface area contributed by atoms with Crippen LogP contribution in [-0.4, -0.2) is 29.8 Å². The number of aryl methyl sites for hydroxylation is 1. The SMILES string of the molecule is Cc1ccc(C=CC(=O)N2CCC(C(=O)Nc3ccccc3)CC2)cc1. The number of hydrogen-bond donors (Lipinski definition) is 1. The van der Waals surface area contributed by atoms with Gasteiger partial charge in [-0.1, -0.05) is 48.0 Å². The average molecular weight is 348 g/mol. The second kappa shape index (κ2) is 8.48. The van der Waals surface area contributed by atoms with Gasteiger partial charge in [-0.3, -0.25) is 9.59 Å². The number of nitrogens with one attached hydrogen (secondary N) is 1. The summed E-state index contributed by atoms with van der Waals surface area (Å²) in [6.45, 7) is 3.27. The maximum absolute atomic E-state index is 12.4. The van der Waals surface area contributed by atoms with Crippen LogP contribution in [-0.2, 0) is 9.59 Å². The molecule has 0 aliphatic carbocycles. The smallest absolute Gasteiger partial charge is 0.246 e. The van der Waals surface area contributed by atoms with E-state index in [9.17, 15) is 9.59 Å². The minimum Gasteiger partial charge on any atom is -0.339 e. The van der Waals surface area contributed by atoms with Gasteiger partial charge in [-0.2, -0.15) is 0 Å². The van der Waals surface area contributed by atoms with Crippen molar-refractivity contribution in [3.63, 3.8) is 0 Å². The van der Waals surface area contributed by atoms with Crippen molar-refractivity contribution < 1.29 is 9.59 Å². The molecule has 134 valence electrons. The Morgan fingerprint density at radius 3 is 2.31 bits per heavy atom. The lowest BCUT2D eigenvalue weighted by Gasteiger charge is -2.30. The van der Waals surface area contributed by atoms with E-state index in [-0.39, 0.29) is 17.7 Å². The highest BCUT2D eigenvalue weighted by Crippen LogP contribution is 2.20. The minimum absolute atomic E-state index is 0.00694. The molecule has 0 atom stereocenters. The standard InChI is InChI=1S/C22H24N2O2/c1-17-7-9-18(10-8-17)11-12-21(25)24-15-13-19(14-16-24)22(26)23-20-5-3-2-4-6-20/h2-12,19H,13-16H2,1H3,(H,23,26). The Morgan fingerprint density at radius 2 is 1.65 bits per heavy atom. The van der Waals surface area contributed by atoms with Crippen LogP contribution >= 0.6 is 0 Å². The monoisotopic (exact) mass is 348 g/mol. The van der Waals surface area contributed by atoms with E-state index in [1.165, 1.54) is 5.56 Å². The van der Waals surface area contributed by atoms with Gasteiger partial charge in [0.15, 0.2) is 0 Å². The molecule has 1 saturated heterocycles. The Morgan fingerprint density at radius 1 is 1.00 bits per heavy atom. The zero-order valence-corrected chi connectivity index (χ0v) is 15.0. The first kappa shape index (κ1) is 17.9. The lowest BCUT2D eigenvalue weighted by atomic mass is 9.95. The van der Waals surface area contributed by atoms with Gasteiger partial charge in [-0.15, -0.1) is 0 Å². The Hall–Kier alpha value is -2.88. The van der Waals surface area contributed by atoms with E-state index in [4.69, 9.17) is 0 Å². The quantitative estimate of drug-likeness (QED) is 0.852. The predicted octanol–water partition coefficient (Wildman–Crippen LogP) is 3.89. The van der Waals surface area contributed by atoms with Gasteiger partial charge in [0.2, 0.25) is 11.8 Å². The summed E-state index contributed by atoms with van der Waals surface area (Å²) < 4.78 is 0. The highest BCUT2D eigenvalue weighted by molar-refractivity contribution is 5.94. The molecule has 1 heterocycles. The normalized spacial score (nSPS) is 15.2. The molecule has 2 aromatic rings. The maximum atomic E-state index is 12.4. The van der Waals surface area contributed by atoms with Crippen LogP contribution < -0.4 is 5.32 Å². The summed E-state index contributed by atoms with van der Waals surface area (Å²) in [5.74, 6) is 0.00585. The highest BCUT2D eigenvalue weighted by atomic mass is 16.2. The fourth-order valence-corrected chi connectivity index (χ4v) is 3.08. The van der Waals surface area contributed by atoms with Crippen LogP contribution in [0.4, 0.5) is 5.69 Å². The number of amides is 2. The van der Waals surface area contributed by atoms with Gasteiger partial charge >= 0.3 is 0 Å². The second-order valence-corrected chi connectivity index (χ2v) is 6.70. The molecule has 0 unspecified atom stereocenters. The van der Waals surface area contributed by atoms with E-state index in [1.807, 2.05) is 72.5 Å². The lowest BCUT2D eigenvalue weighted by molar-refractivity contribution is -0.130. The molecule has 0 aromatic heterocycles. The third-order valence-electron chi connectivity index (χ3n) is 4.71. The van der Waals surface area contributed by atoms with Crippen LogP contribution in [0.5, 0.6) is 0 Å². The summed E-state index contributed by atoms with van der Waals surface area (Å²) in [7, 11) is 0. The number of benzene rings is 2. The predicted molar refractivity (Wildman–Crippen MR) is 105 cm³/mol. The number of para-hydroxylation sites is 1. The van der Waals surface area contributed by atoms with E-state index in [0.29, 0.717) is 25.9 Å². The molecule has 1 aliphatic heterocycles. The first-order chi connectivity index (χ1) is 12.6. The van der Waals surface area contributed by atoms with Crippen LogP contribution in [0, 0.1) is 12.8 Å². The Bertz CT molecular complexity index is 774. The number of carbonyl (C=O) groups excluding carboxylic acids is 2. The molecule has 1 aliphatic rings. The molecule has 0 spiro atoms. The molecule has 1 N–H and O–H groups in total. The van der Waals surface area contributed by atoms with Crippen molar-refractivity contribution >= 4 is 23.6 Å². The Balaban J connectivity index is 1.49. The molecule has 3 rings (SSSR count). The second-order valence-electron chi connectivity index (χ2n) is 6.70. The number of carbonyl (C=O) groups is 2. The lowest BCUT2D eigenvalue weighted by Crippen LogP contribution is -2.40. The van der Waals surface area contributed by atoms with Crippen LogP contribution in [0.1, 0.15) is 24.0 Å². The molecule has 0 saturated carbocycles. The summed E-state index contributed by atoms with van der Waals surface area (Å²) in [4.78, 5) is 26.5. The van der Waals surface area contributed by atoms with Crippen LogP contribution in [0.3, 0.4) is 0 Å². The number of nitrogens with zero attached hydrogens (tertiary/aromatic N) is 1. The molecule has 4 heteroatoms. The summed E-state index contributed by atoms with van der Waals surface area (Å²) in [5.41, 5.74) is 3.03. The van der Waals surface area contributed by atoms with Crippen LogP contribution in [0.25, 0.3) is 6.08 Å². The van der Waals surface area contributed by atoms with Gasteiger partial charge in [0, 0.05) is 30.8 Å². The molecular weight excluding hydrogens is 324 g/mol. The molecule has 26 heavy (non-hydrogen) atoms. The van der Waals surface area contributed by atoms with Crippen molar-refractivity contribution in [2.24, 2.45) is 5.92 Å². The number of hydrogen-bond acceptors (Lipinski definition) is 2. The van der Waals surface area contributed by atoms with E-state index in [2.05, 4.69) is 5.32 Å². The van der Waals surface area contributed by atoms with Crippen molar-refractivity contribution in [1.82, 2.24) is 4.90 Å². The summed E-state index contributed by atoms with van der Waals surface area (Å²) >= 11 is 0. The van der Waals surface area contributed by atoms with E-state index in [0.717, 1.165) is 11.3 Å². The van der Waals surface area contributed by atoms with Crippen molar-refractivity contribution in [3.8, 4) is 0 Å². The molecule has 2 amide bonds. The zero-order valence-electron chi connectivity index (χ0n) is 15.0. The van der Waals surface area contributed by atoms with Crippen molar-refractivity contribution in [2.45, 2.75) is 19.8 Å².